The second-order valence-electron chi connectivity index (χ2n) is 3.02. The van der Waals surface area contributed by atoms with E-state index in [1.165, 1.54) is 28.7 Å². The highest BCUT2D eigenvalue weighted by Gasteiger charge is 2.05. The predicted octanol–water partition coefficient (Wildman–Crippen LogP) is 2.79. The zero-order chi connectivity index (χ0) is 9.23. The highest BCUT2D eigenvalue weighted by atomic mass is 27.1. The Morgan fingerprint density at radius 2 is 1.92 bits per heavy atom. The molecule has 0 saturated carbocycles. The van der Waals surface area contributed by atoms with Gasteiger partial charge in [-0.3, -0.25) is 0 Å². The van der Waals surface area contributed by atoms with Gasteiger partial charge in [-0.25, -0.2) is 0 Å². The van der Waals surface area contributed by atoms with E-state index in [0.717, 1.165) is 0 Å². The first-order valence-electron chi connectivity index (χ1n) is 5.13. The van der Waals surface area contributed by atoms with Gasteiger partial charge in [0.1, 0.15) is 0 Å². The van der Waals surface area contributed by atoms with Gasteiger partial charge >= 0.3 is 15.6 Å². The van der Waals surface area contributed by atoms with Crippen molar-refractivity contribution in [3.63, 3.8) is 0 Å². The molecule has 0 spiro atoms. The van der Waals surface area contributed by atoms with Crippen LogP contribution in [0.15, 0.2) is 0 Å². The number of hydrogen-bond acceptors (Lipinski definition) is 1. The largest absolute Gasteiger partial charge is 0.504 e. The van der Waals surface area contributed by atoms with Crippen LogP contribution in [0, 0.1) is 0 Å². The Morgan fingerprint density at radius 1 is 1.17 bits per heavy atom. The lowest BCUT2D eigenvalue weighted by Gasteiger charge is -2.16. The average molecular weight is 198 g/mol. The van der Waals surface area contributed by atoms with Crippen molar-refractivity contribution < 1.29 is 3.79 Å². The summed E-state index contributed by atoms with van der Waals surface area (Å²) in [5, 5.41) is 4.06. The topological polar surface area (TPSA) is 9.23 Å². The Balaban J connectivity index is 3.26. The summed E-state index contributed by atoms with van der Waals surface area (Å²) in [4.78, 5) is 0. The van der Waals surface area contributed by atoms with Gasteiger partial charge in [0.15, 0.2) is 15.2 Å². The molecule has 0 aliphatic rings. The van der Waals surface area contributed by atoms with E-state index in [-0.39, 0.29) is 15.6 Å². The summed E-state index contributed by atoms with van der Waals surface area (Å²) >= 11 is 0.991. The Kier molecular flexibility index (Phi) is 11.0. The molecule has 2 radical (unpaired) electrons. The standard InChI is InChI=1S/C5H10O.2C2H5.2Al/c1-3-5(6)4-2;2*1-2;;/h5H,1,3-4H2,2H3;2*1H2,2H3;;/q-1;;;;+1. The third-order valence-corrected chi connectivity index (χ3v) is 4.12. The van der Waals surface area contributed by atoms with E-state index < -0.39 is 0 Å². The molecule has 0 aliphatic carbocycles. The van der Waals surface area contributed by atoms with Crippen LogP contribution in [-0.4, -0.2) is 36.9 Å². The van der Waals surface area contributed by atoms with E-state index in [1.54, 1.807) is 0 Å². The molecular weight excluding hydrogens is 178 g/mol. The van der Waals surface area contributed by atoms with Crippen molar-refractivity contribution in [2.45, 2.75) is 55.6 Å². The molecule has 0 bridgehead atoms. The maximum absolute atomic E-state index is 5.78. The van der Waals surface area contributed by atoms with Gasteiger partial charge < -0.3 is 3.79 Å². The number of rotatable bonds is 8. The van der Waals surface area contributed by atoms with E-state index in [1.807, 2.05) is 0 Å². The van der Waals surface area contributed by atoms with Gasteiger partial charge in [-0.2, -0.15) is 0 Å². The highest BCUT2D eigenvalue weighted by molar-refractivity contribution is 6.35. The van der Waals surface area contributed by atoms with Gasteiger partial charge in [0.05, 0.1) is 0 Å². The number of hydrogen-bond donors (Lipinski definition) is 0. The van der Waals surface area contributed by atoms with E-state index in [0.29, 0.717) is 21.3 Å². The molecule has 1 atom stereocenters. The van der Waals surface area contributed by atoms with Crippen LogP contribution < -0.4 is 0 Å². The van der Waals surface area contributed by atoms with Crippen LogP contribution in [0.1, 0.15) is 33.6 Å². The first-order chi connectivity index (χ1) is 5.85. The monoisotopic (exact) mass is 198 g/mol. The summed E-state index contributed by atoms with van der Waals surface area (Å²) in [5.41, 5.74) is 0. The Hall–Kier alpha value is 1.02. The molecule has 0 aromatic rings. The normalized spacial score (nSPS) is 12.6. The van der Waals surface area contributed by atoms with Crippen LogP contribution >= 0.6 is 0 Å². The van der Waals surface area contributed by atoms with Crippen molar-refractivity contribution in [2.24, 2.45) is 0 Å². The van der Waals surface area contributed by atoms with Gasteiger partial charge in [0, 0.05) is 6.10 Å². The molecular formula is C9H20Al2O. The fourth-order valence-electron chi connectivity index (χ4n) is 1.11. The predicted molar refractivity (Wildman–Crippen MR) is 57.1 cm³/mol. The van der Waals surface area contributed by atoms with Crippen molar-refractivity contribution >= 4 is 30.8 Å². The van der Waals surface area contributed by atoms with Gasteiger partial charge in [-0.1, -0.05) is 26.1 Å². The zero-order valence-electron chi connectivity index (χ0n) is 8.68. The third-order valence-electron chi connectivity index (χ3n) is 1.89. The van der Waals surface area contributed by atoms with E-state index in [2.05, 4.69) is 20.8 Å². The summed E-state index contributed by atoms with van der Waals surface area (Å²) in [6.45, 7) is 6.73. The van der Waals surface area contributed by atoms with Crippen molar-refractivity contribution in [1.82, 2.24) is 0 Å². The SMILES string of the molecule is C[CH2][Al][CH2]CC(CC)[O][Al][CH2]C. The molecule has 1 unspecified atom stereocenters. The van der Waals surface area contributed by atoms with Crippen LogP contribution in [0.5, 0.6) is 0 Å². The summed E-state index contributed by atoms with van der Waals surface area (Å²) < 4.78 is 5.78. The minimum Gasteiger partial charge on any atom is -0.504 e. The van der Waals surface area contributed by atoms with Crippen LogP contribution in [0.4, 0.5) is 0 Å². The van der Waals surface area contributed by atoms with Crippen molar-refractivity contribution in [1.29, 1.82) is 0 Å². The molecule has 12 heavy (non-hydrogen) atoms. The first-order valence-corrected chi connectivity index (χ1v) is 8.05. The zero-order valence-corrected chi connectivity index (χ0v) is 11.0. The van der Waals surface area contributed by atoms with Crippen LogP contribution in [0.2, 0.25) is 15.8 Å². The maximum Gasteiger partial charge on any atom is 0.423 e. The maximum atomic E-state index is 5.78. The van der Waals surface area contributed by atoms with Crippen LogP contribution in [0.25, 0.3) is 0 Å². The van der Waals surface area contributed by atoms with Gasteiger partial charge in [0.2, 0.25) is 0 Å². The van der Waals surface area contributed by atoms with Crippen molar-refractivity contribution in [3.8, 4) is 0 Å². The fourth-order valence-corrected chi connectivity index (χ4v) is 2.92. The van der Waals surface area contributed by atoms with E-state index in [9.17, 15) is 0 Å². The lowest BCUT2D eigenvalue weighted by molar-refractivity contribution is 0.202. The lowest BCUT2D eigenvalue weighted by atomic mass is 10.2. The third kappa shape index (κ3) is 7.66. The molecule has 3 heteroatoms. The molecule has 0 heterocycles. The average Bonchev–Trinajstić information content (AvgIpc) is 2.11. The molecule has 0 amide bonds. The van der Waals surface area contributed by atoms with Crippen molar-refractivity contribution in [2.75, 3.05) is 0 Å². The quantitative estimate of drug-likeness (QED) is 0.430. The summed E-state index contributed by atoms with van der Waals surface area (Å²) in [5.74, 6) is 0. The summed E-state index contributed by atoms with van der Waals surface area (Å²) in [7, 11) is 0. The molecule has 0 saturated heterocycles. The highest BCUT2D eigenvalue weighted by Crippen LogP contribution is 2.07. The molecule has 0 N–H and O–H groups in total. The smallest absolute Gasteiger partial charge is 0.423 e. The molecule has 0 fully saturated rings. The second kappa shape index (κ2) is 10.1. The molecule has 68 valence electrons. The Bertz CT molecular complexity index is 88.6. The molecule has 0 aromatic heterocycles. The Morgan fingerprint density at radius 3 is 2.42 bits per heavy atom. The Labute approximate surface area is 90.0 Å². The minimum atomic E-state index is 0.281. The lowest BCUT2D eigenvalue weighted by Crippen LogP contribution is -2.14. The first kappa shape index (κ1) is 13.0. The van der Waals surface area contributed by atoms with Gasteiger partial charge in [-0.15, -0.1) is 10.6 Å². The summed E-state index contributed by atoms with van der Waals surface area (Å²) in [6, 6.07) is 0. The van der Waals surface area contributed by atoms with Crippen LogP contribution in [-0.2, 0) is 3.79 Å². The molecule has 1 nitrogen and oxygen atoms in total. The fraction of sp³-hybridized carbons (Fsp3) is 1.00. The molecule has 0 rings (SSSR count). The summed E-state index contributed by atoms with van der Waals surface area (Å²) in [6.07, 6.45) is 3.10. The van der Waals surface area contributed by atoms with E-state index >= 15 is 0 Å². The van der Waals surface area contributed by atoms with E-state index in [4.69, 9.17) is 3.79 Å². The van der Waals surface area contributed by atoms with Gasteiger partial charge in [-0.05, 0) is 12.8 Å². The van der Waals surface area contributed by atoms with Gasteiger partial charge in [0.25, 0.3) is 0 Å². The van der Waals surface area contributed by atoms with Crippen molar-refractivity contribution in [3.05, 3.63) is 0 Å². The molecule has 0 aliphatic heterocycles. The minimum absolute atomic E-state index is 0.281. The van der Waals surface area contributed by atoms with Crippen LogP contribution in [0.3, 0.4) is 0 Å². The second-order valence-corrected chi connectivity index (χ2v) is 6.41. The molecule has 0 aromatic carbocycles.